The van der Waals surface area contributed by atoms with Crippen molar-refractivity contribution in [3.63, 3.8) is 0 Å². The van der Waals surface area contributed by atoms with E-state index in [2.05, 4.69) is 15.5 Å². The van der Waals surface area contributed by atoms with Crippen LogP contribution in [0, 0.1) is 12.7 Å². The number of tetrazole rings is 1. The quantitative estimate of drug-likeness (QED) is 0.744. The summed E-state index contributed by atoms with van der Waals surface area (Å²) in [6.45, 7) is 1.89. The lowest BCUT2D eigenvalue weighted by atomic mass is 10.1. The molecule has 124 valence electrons. The maximum absolute atomic E-state index is 14.0. The SMILES string of the molecule is Cc1ccc(F)c(-n2nnnc2CSC[C@H](O)c2ccccc2)c1. The minimum atomic E-state index is -0.559. The highest BCUT2D eigenvalue weighted by molar-refractivity contribution is 7.98. The first kappa shape index (κ1) is 16.6. The van der Waals surface area contributed by atoms with Crippen molar-refractivity contribution in [1.29, 1.82) is 0 Å². The maximum Gasteiger partial charge on any atom is 0.166 e. The standard InChI is InChI=1S/C17H17FN4OS/c1-12-7-8-14(18)15(9-12)22-17(19-20-21-22)11-24-10-16(23)13-5-3-2-4-6-13/h2-9,16,23H,10-11H2,1H3/t16-/m0/s1. The third-order valence-corrected chi connectivity index (χ3v) is 4.57. The molecule has 1 atom stereocenters. The third-order valence-electron chi connectivity index (χ3n) is 3.56. The lowest BCUT2D eigenvalue weighted by Crippen LogP contribution is -2.06. The molecule has 0 aliphatic rings. The molecule has 0 aliphatic heterocycles. The van der Waals surface area contributed by atoms with E-state index < -0.39 is 6.10 Å². The van der Waals surface area contributed by atoms with E-state index in [9.17, 15) is 9.50 Å². The number of hydrogen-bond donors (Lipinski definition) is 1. The van der Waals surface area contributed by atoms with Crippen LogP contribution in [0.1, 0.15) is 23.1 Å². The fourth-order valence-corrected chi connectivity index (χ4v) is 3.20. The Kier molecular flexibility index (Phi) is 5.22. The van der Waals surface area contributed by atoms with Crippen LogP contribution in [0.25, 0.3) is 5.69 Å². The summed E-state index contributed by atoms with van der Waals surface area (Å²) < 4.78 is 15.4. The van der Waals surface area contributed by atoms with Gasteiger partial charge in [-0.05, 0) is 40.6 Å². The van der Waals surface area contributed by atoms with Crippen molar-refractivity contribution in [3.05, 3.63) is 71.3 Å². The fraction of sp³-hybridized carbons (Fsp3) is 0.235. The van der Waals surface area contributed by atoms with Gasteiger partial charge in [0.2, 0.25) is 0 Å². The molecule has 0 spiro atoms. The number of aryl methyl sites for hydroxylation is 1. The number of aliphatic hydroxyl groups is 1. The highest BCUT2D eigenvalue weighted by Gasteiger charge is 2.14. The molecule has 1 heterocycles. The molecule has 1 N–H and O–H groups in total. The van der Waals surface area contributed by atoms with Gasteiger partial charge in [-0.1, -0.05) is 36.4 Å². The second kappa shape index (κ2) is 7.55. The molecule has 0 aliphatic carbocycles. The molecular formula is C17H17FN4OS. The minimum Gasteiger partial charge on any atom is -0.388 e. The summed E-state index contributed by atoms with van der Waals surface area (Å²) in [4.78, 5) is 0. The van der Waals surface area contributed by atoms with Crippen molar-refractivity contribution in [3.8, 4) is 5.69 Å². The highest BCUT2D eigenvalue weighted by atomic mass is 32.2. The Labute approximate surface area is 143 Å². The molecule has 2 aromatic carbocycles. The lowest BCUT2D eigenvalue weighted by molar-refractivity contribution is 0.204. The Bertz CT molecular complexity index is 809. The molecule has 0 unspecified atom stereocenters. The summed E-state index contributed by atoms with van der Waals surface area (Å²) in [6, 6.07) is 14.3. The van der Waals surface area contributed by atoms with Gasteiger partial charge in [0.1, 0.15) is 11.5 Å². The van der Waals surface area contributed by atoms with Crippen LogP contribution in [0.3, 0.4) is 0 Å². The van der Waals surface area contributed by atoms with Gasteiger partial charge in [-0.15, -0.1) is 5.10 Å². The number of thioether (sulfide) groups is 1. The van der Waals surface area contributed by atoms with Gasteiger partial charge in [-0.3, -0.25) is 0 Å². The largest absolute Gasteiger partial charge is 0.388 e. The van der Waals surface area contributed by atoms with Crippen LogP contribution in [-0.4, -0.2) is 31.1 Å². The van der Waals surface area contributed by atoms with Gasteiger partial charge in [0.05, 0.1) is 11.9 Å². The van der Waals surface area contributed by atoms with E-state index in [1.807, 2.05) is 37.3 Å². The maximum atomic E-state index is 14.0. The predicted molar refractivity (Wildman–Crippen MR) is 91.4 cm³/mol. The highest BCUT2D eigenvalue weighted by Crippen LogP contribution is 2.22. The van der Waals surface area contributed by atoms with Crippen molar-refractivity contribution in [2.75, 3.05) is 5.75 Å². The zero-order chi connectivity index (χ0) is 16.9. The Hall–Kier alpha value is -2.25. The molecular weight excluding hydrogens is 327 g/mol. The molecule has 0 bridgehead atoms. The lowest BCUT2D eigenvalue weighted by Gasteiger charge is -2.10. The average molecular weight is 344 g/mol. The summed E-state index contributed by atoms with van der Waals surface area (Å²) in [6.07, 6.45) is -0.559. The molecule has 3 rings (SSSR count). The monoisotopic (exact) mass is 344 g/mol. The normalized spacial score (nSPS) is 12.3. The molecule has 0 radical (unpaired) electrons. The first-order valence-corrected chi connectivity index (χ1v) is 8.65. The first-order valence-electron chi connectivity index (χ1n) is 7.49. The van der Waals surface area contributed by atoms with Crippen LogP contribution < -0.4 is 0 Å². The van der Waals surface area contributed by atoms with Crippen LogP contribution in [-0.2, 0) is 5.75 Å². The summed E-state index contributed by atoms with van der Waals surface area (Å²) in [7, 11) is 0. The number of rotatable bonds is 6. The van der Waals surface area contributed by atoms with E-state index >= 15 is 0 Å². The number of halogens is 1. The van der Waals surface area contributed by atoms with Crippen LogP contribution in [0.15, 0.2) is 48.5 Å². The average Bonchev–Trinajstić information content (AvgIpc) is 3.06. The number of benzene rings is 2. The van der Waals surface area contributed by atoms with Gasteiger partial charge in [0.15, 0.2) is 5.82 Å². The van der Waals surface area contributed by atoms with Gasteiger partial charge < -0.3 is 5.11 Å². The van der Waals surface area contributed by atoms with Crippen molar-refractivity contribution in [2.24, 2.45) is 0 Å². The topological polar surface area (TPSA) is 63.8 Å². The van der Waals surface area contributed by atoms with Gasteiger partial charge in [0, 0.05) is 5.75 Å². The molecule has 0 fully saturated rings. The van der Waals surface area contributed by atoms with E-state index in [4.69, 9.17) is 0 Å². The van der Waals surface area contributed by atoms with E-state index in [0.29, 0.717) is 23.0 Å². The number of aromatic nitrogens is 4. The summed E-state index contributed by atoms with van der Waals surface area (Å²) >= 11 is 1.50. The molecule has 3 aromatic rings. The molecule has 5 nitrogen and oxygen atoms in total. The van der Waals surface area contributed by atoms with Crippen molar-refractivity contribution < 1.29 is 9.50 Å². The first-order chi connectivity index (χ1) is 11.6. The van der Waals surface area contributed by atoms with Crippen molar-refractivity contribution in [2.45, 2.75) is 18.8 Å². The van der Waals surface area contributed by atoms with Gasteiger partial charge in [-0.25, -0.2) is 4.39 Å². The smallest absolute Gasteiger partial charge is 0.166 e. The predicted octanol–water partition coefficient (Wildman–Crippen LogP) is 3.08. The molecule has 7 heteroatoms. The van der Waals surface area contributed by atoms with Crippen LogP contribution in [0.4, 0.5) is 4.39 Å². The Morgan fingerprint density at radius 3 is 2.79 bits per heavy atom. The molecule has 0 saturated carbocycles. The van der Waals surface area contributed by atoms with Crippen LogP contribution in [0.2, 0.25) is 0 Å². The number of aliphatic hydroxyl groups excluding tert-OH is 1. The minimum absolute atomic E-state index is 0.333. The van der Waals surface area contributed by atoms with Gasteiger partial charge >= 0.3 is 0 Å². The zero-order valence-corrected chi connectivity index (χ0v) is 13.9. The van der Waals surface area contributed by atoms with Crippen molar-refractivity contribution in [1.82, 2.24) is 20.2 Å². The van der Waals surface area contributed by atoms with Gasteiger partial charge in [-0.2, -0.15) is 16.4 Å². The van der Waals surface area contributed by atoms with Gasteiger partial charge in [0.25, 0.3) is 0 Å². The van der Waals surface area contributed by atoms with Crippen LogP contribution in [0.5, 0.6) is 0 Å². The Morgan fingerprint density at radius 2 is 2.00 bits per heavy atom. The summed E-state index contributed by atoms with van der Waals surface area (Å²) in [5.74, 6) is 1.16. The van der Waals surface area contributed by atoms with Crippen molar-refractivity contribution >= 4 is 11.8 Å². The molecule has 0 amide bonds. The zero-order valence-electron chi connectivity index (χ0n) is 13.1. The molecule has 0 saturated heterocycles. The van der Waals surface area contributed by atoms with E-state index in [1.54, 1.807) is 12.1 Å². The number of hydrogen-bond acceptors (Lipinski definition) is 5. The Balaban J connectivity index is 1.67. The molecule has 24 heavy (non-hydrogen) atoms. The van der Waals surface area contributed by atoms with Crippen LogP contribution >= 0.6 is 11.8 Å². The second-order valence-corrected chi connectivity index (χ2v) is 6.43. The van der Waals surface area contributed by atoms with E-state index in [0.717, 1.165) is 11.1 Å². The van der Waals surface area contributed by atoms with E-state index in [1.165, 1.54) is 22.5 Å². The Morgan fingerprint density at radius 1 is 1.21 bits per heavy atom. The second-order valence-electron chi connectivity index (χ2n) is 5.40. The summed E-state index contributed by atoms with van der Waals surface area (Å²) in [5.41, 5.74) is 2.13. The fourth-order valence-electron chi connectivity index (χ4n) is 2.30. The third kappa shape index (κ3) is 3.80. The number of nitrogens with zero attached hydrogens (tertiary/aromatic N) is 4. The van der Waals surface area contributed by atoms with E-state index in [-0.39, 0.29) is 5.82 Å². The molecule has 1 aromatic heterocycles. The summed E-state index contributed by atoms with van der Waals surface area (Å²) in [5, 5.41) is 21.7.